The number of alkyl halides is 3. The molecule has 1 heterocycles. The lowest BCUT2D eigenvalue weighted by atomic mass is 10.0. The molecule has 0 unspecified atom stereocenters. The third-order valence-electron chi connectivity index (χ3n) is 3.08. The Morgan fingerprint density at radius 2 is 1.71 bits per heavy atom. The monoisotopic (exact) mass is 460 g/mol. The zero-order valence-electron chi connectivity index (χ0n) is 10.8. The molecular weight excluding hydrogens is 446 g/mol. The maximum Gasteiger partial charge on any atom is 0.408 e. The van der Waals surface area contributed by atoms with E-state index in [0.717, 1.165) is 6.07 Å². The smallest absolute Gasteiger partial charge is 0.314 e. The molecule has 2 rings (SSSR count). The predicted octanol–water partition coefficient (Wildman–Crippen LogP) is 3.78. The predicted molar refractivity (Wildman–Crippen MR) is 86.9 cm³/mol. The van der Waals surface area contributed by atoms with E-state index in [0.29, 0.717) is 16.7 Å². The Morgan fingerprint density at radius 3 is 2.24 bits per heavy atom. The zero-order chi connectivity index (χ0) is 14.0. The second-order valence-electron chi connectivity index (χ2n) is 4.40. The molecule has 2 nitrogen and oxygen atoms in total. The first-order valence-corrected chi connectivity index (χ1v) is 6.94. The summed E-state index contributed by atoms with van der Waals surface area (Å²) in [6.07, 6.45) is -4.48. The van der Waals surface area contributed by atoms with Crippen molar-refractivity contribution in [2.24, 2.45) is 0 Å². The van der Waals surface area contributed by atoms with Gasteiger partial charge in [0.25, 0.3) is 0 Å². The molecule has 1 aromatic carbocycles. The first-order valence-electron chi connectivity index (χ1n) is 5.86. The highest BCUT2D eigenvalue weighted by Gasteiger charge is 2.46. The number of hydrogen-bond donors (Lipinski definition) is 1. The van der Waals surface area contributed by atoms with E-state index in [-0.39, 0.29) is 43.5 Å². The normalized spacial score (nSPS) is 17.6. The summed E-state index contributed by atoms with van der Waals surface area (Å²) in [7, 11) is 0. The maximum atomic E-state index is 13.8. The fraction of sp³-hybridized carbons (Fsp3) is 0.500. The summed E-state index contributed by atoms with van der Waals surface area (Å²) in [4.78, 5) is 1.28. The van der Waals surface area contributed by atoms with Crippen molar-refractivity contribution in [2.75, 3.05) is 26.2 Å². The van der Waals surface area contributed by atoms with Gasteiger partial charge >= 0.3 is 6.18 Å². The van der Waals surface area contributed by atoms with E-state index in [1.807, 2.05) is 22.6 Å². The van der Waals surface area contributed by atoms with E-state index in [2.05, 4.69) is 5.32 Å². The van der Waals surface area contributed by atoms with Crippen LogP contribution in [0.25, 0.3) is 0 Å². The molecular formula is C12H15Cl2F4IN2. The van der Waals surface area contributed by atoms with Crippen LogP contribution in [0, 0.1) is 9.39 Å². The second-order valence-corrected chi connectivity index (χ2v) is 5.64. The van der Waals surface area contributed by atoms with Crippen molar-refractivity contribution in [3.63, 3.8) is 0 Å². The summed E-state index contributed by atoms with van der Waals surface area (Å²) in [5.74, 6) is -0.804. The first-order chi connectivity index (χ1) is 8.89. The van der Waals surface area contributed by atoms with Crippen molar-refractivity contribution in [2.45, 2.75) is 12.2 Å². The van der Waals surface area contributed by atoms with Crippen LogP contribution in [-0.4, -0.2) is 37.3 Å². The van der Waals surface area contributed by atoms with E-state index < -0.39 is 18.0 Å². The van der Waals surface area contributed by atoms with Gasteiger partial charge in [0.2, 0.25) is 0 Å². The molecule has 0 bridgehead atoms. The maximum absolute atomic E-state index is 13.8. The summed E-state index contributed by atoms with van der Waals surface area (Å²) in [6, 6.07) is 1.96. The van der Waals surface area contributed by atoms with Crippen molar-refractivity contribution >= 4 is 47.4 Å². The lowest BCUT2D eigenvalue weighted by Gasteiger charge is -2.36. The van der Waals surface area contributed by atoms with Crippen molar-refractivity contribution < 1.29 is 17.6 Å². The van der Waals surface area contributed by atoms with Crippen LogP contribution in [0.4, 0.5) is 17.6 Å². The molecule has 1 aliphatic rings. The first kappa shape index (κ1) is 21.2. The minimum absolute atomic E-state index is 0. The van der Waals surface area contributed by atoms with Crippen LogP contribution in [0.1, 0.15) is 11.6 Å². The third kappa shape index (κ3) is 5.38. The second kappa shape index (κ2) is 8.71. The fourth-order valence-corrected chi connectivity index (χ4v) is 2.76. The molecule has 0 aliphatic carbocycles. The lowest BCUT2D eigenvalue weighted by molar-refractivity contribution is -0.188. The van der Waals surface area contributed by atoms with Gasteiger partial charge in [-0.05, 0) is 40.8 Å². The van der Waals surface area contributed by atoms with Gasteiger partial charge in [0.15, 0.2) is 0 Å². The topological polar surface area (TPSA) is 15.3 Å². The van der Waals surface area contributed by atoms with Gasteiger partial charge in [-0.3, -0.25) is 4.90 Å². The van der Waals surface area contributed by atoms with E-state index in [1.54, 1.807) is 0 Å². The molecule has 1 N–H and O–H groups in total. The molecule has 0 spiro atoms. The van der Waals surface area contributed by atoms with Gasteiger partial charge in [-0.2, -0.15) is 13.2 Å². The Hall–Kier alpha value is 0.170. The molecule has 21 heavy (non-hydrogen) atoms. The van der Waals surface area contributed by atoms with Crippen LogP contribution >= 0.6 is 47.4 Å². The van der Waals surface area contributed by atoms with E-state index in [4.69, 9.17) is 0 Å². The minimum Gasteiger partial charge on any atom is -0.314 e. The molecule has 0 amide bonds. The molecule has 0 saturated carbocycles. The standard InChI is InChI=1S/C12H13F4IN2.2ClH/c13-10-2-1-8(17)7-9(10)11(12(14,15)16)19-5-3-18-4-6-19;;/h1-2,7,11,18H,3-6H2;2*1H/t11-;;/m1../s1. The van der Waals surface area contributed by atoms with Gasteiger partial charge in [0.05, 0.1) is 0 Å². The van der Waals surface area contributed by atoms with E-state index in [1.165, 1.54) is 17.0 Å². The molecule has 1 saturated heterocycles. The largest absolute Gasteiger partial charge is 0.408 e. The van der Waals surface area contributed by atoms with Crippen LogP contribution in [-0.2, 0) is 0 Å². The average Bonchev–Trinajstić information content (AvgIpc) is 2.33. The Bertz CT molecular complexity index is 453. The lowest BCUT2D eigenvalue weighted by Crippen LogP contribution is -2.49. The van der Waals surface area contributed by atoms with E-state index >= 15 is 0 Å². The number of nitrogens with zero attached hydrogens (tertiary/aromatic N) is 1. The van der Waals surface area contributed by atoms with E-state index in [9.17, 15) is 17.6 Å². The molecule has 1 fully saturated rings. The SMILES string of the molecule is Cl.Cl.Fc1ccc(I)cc1[C@@H](N1CCNCC1)C(F)(F)F. The van der Waals surface area contributed by atoms with Crippen LogP contribution in [0.15, 0.2) is 18.2 Å². The summed E-state index contributed by atoms with van der Waals surface area (Å²) in [5.41, 5.74) is -0.290. The molecule has 122 valence electrons. The third-order valence-corrected chi connectivity index (χ3v) is 3.75. The average molecular weight is 461 g/mol. The van der Waals surface area contributed by atoms with Gasteiger partial charge < -0.3 is 5.32 Å². The highest BCUT2D eigenvalue weighted by molar-refractivity contribution is 14.1. The Morgan fingerprint density at radius 1 is 1.14 bits per heavy atom. The van der Waals surface area contributed by atoms with Gasteiger partial charge in [0, 0.05) is 35.3 Å². The molecule has 1 atom stereocenters. The van der Waals surface area contributed by atoms with Gasteiger partial charge in [-0.1, -0.05) is 0 Å². The van der Waals surface area contributed by atoms with Gasteiger partial charge in [-0.25, -0.2) is 4.39 Å². The highest BCUT2D eigenvalue weighted by Crippen LogP contribution is 2.39. The molecule has 0 aromatic heterocycles. The van der Waals surface area contributed by atoms with Crippen molar-refractivity contribution in [1.29, 1.82) is 0 Å². The van der Waals surface area contributed by atoms with Crippen LogP contribution < -0.4 is 5.32 Å². The van der Waals surface area contributed by atoms with Crippen LogP contribution in [0.2, 0.25) is 0 Å². The number of hydrogen-bond acceptors (Lipinski definition) is 2. The molecule has 1 aromatic rings. The zero-order valence-corrected chi connectivity index (χ0v) is 14.6. The molecule has 9 heteroatoms. The Kier molecular flexibility index (Phi) is 8.78. The number of rotatable bonds is 2. The molecule has 1 aliphatic heterocycles. The number of benzene rings is 1. The van der Waals surface area contributed by atoms with Gasteiger partial charge in [0.1, 0.15) is 11.9 Å². The quantitative estimate of drug-likeness (QED) is 0.533. The summed E-state index contributed by atoms with van der Waals surface area (Å²) >= 11 is 1.89. The summed E-state index contributed by atoms with van der Waals surface area (Å²) in [6.45, 7) is 1.49. The van der Waals surface area contributed by atoms with Crippen LogP contribution in [0.3, 0.4) is 0 Å². The number of piperazine rings is 1. The van der Waals surface area contributed by atoms with Gasteiger partial charge in [-0.15, -0.1) is 24.8 Å². The van der Waals surface area contributed by atoms with Crippen LogP contribution in [0.5, 0.6) is 0 Å². The number of nitrogens with one attached hydrogen (secondary N) is 1. The molecule has 0 radical (unpaired) electrons. The summed E-state index contributed by atoms with van der Waals surface area (Å²) < 4.78 is 54.2. The Labute approximate surface area is 146 Å². The fourth-order valence-electron chi connectivity index (χ4n) is 2.24. The summed E-state index contributed by atoms with van der Waals surface area (Å²) in [5, 5.41) is 2.99. The highest BCUT2D eigenvalue weighted by atomic mass is 127. The minimum atomic E-state index is -4.48. The van der Waals surface area contributed by atoms with Crippen molar-refractivity contribution in [1.82, 2.24) is 10.2 Å². The number of halogens is 7. The van der Waals surface area contributed by atoms with Crippen molar-refractivity contribution in [3.05, 3.63) is 33.1 Å². The Balaban J connectivity index is 0.00000200. The van der Waals surface area contributed by atoms with Crippen molar-refractivity contribution in [3.8, 4) is 0 Å².